The van der Waals surface area contributed by atoms with E-state index in [1.807, 2.05) is 19.1 Å². The molecule has 0 saturated carbocycles. The molecule has 0 atom stereocenters. The molecule has 0 radical (unpaired) electrons. The van der Waals surface area contributed by atoms with Gasteiger partial charge in [-0.05, 0) is 18.6 Å². The maximum Gasteiger partial charge on any atom is 0.0417 e. The number of pyridine rings is 1. The second kappa shape index (κ2) is 2.60. The summed E-state index contributed by atoms with van der Waals surface area (Å²) in [6, 6.07) is 3.89. The lowest BCUT2D eigenvalue weighted by Crippen LogP contribution is -1.99. The highest BCUT2D eigenvalue weighted by atomic mass is 14.7. The molecule has 9 heavy (non-hydrogen) atoms. The molecule has 2 heteroatoms. The fraction of sp³-hybridized carbons (Fsp3) is 0.286. The third-order valence-corrected chi connectivity index (χ3v) is 1.34. The van der Waals surface area contributed by atoms with Gasteiger partial charge in [0.25, 0.3) is 0 Å². The lowest BCUT2D eigenvalue weighted by atomic mass is 10.2. The Balaban J connectivity index is 0.000000810. The highest BCUT2D eigenvalue weighted by Crippen LogP contribution is 2.00. The van der Waals surface area contributed by atoms with Gasteiger partial charge in [0.1, 0.15) is 0 Å². The number of nitrogens with two attached hydrogens (primary N) is 1. The average molecular weight is 124 g/mol. The maximum absolute atomic E-state index is 5.41. The fourth-order valence-corrected chi connectivity index (χ4v) is 0.733. The van der Waals surface area contributed by atoms with E-state index in [1.165, 1.54) is 0 Å². The van der Waals surface area contributed by atoms with Crippen molar-refractivity contribution in [2.24, 2.45) is 5.73 Å². The Bertz CT molecular complexity index is 201. The minimum Gasteiger partial charge on any atom is -0.326 e. The summed E-state index contributed by atoms with van der Waals surface area (Å²) in [4.78, 5) is 4.07. The van der Waals surface area contributed by atoms with Gasteiger partial charge in [0.2, 0.25) is 0 Å². The predicted octanol–water partition coefficient (Wildman–Crippen LogP) is 1.09. The highest BCUT2D eigenvalue weighted by molar-refractivity contribution is 5.17. The summed E-state index contributed by atoms with van der Waals surface area (Å²) < 4.78 is 0. The molecule has 0 aliphatic rings. The zero-order valence-corrected chi connectivity index (χ0v) is 5.46. The van der Waals surface area contributed by atoms with Crippen molar-refractivity contribution in [2.75, 3.05) is 0 Å². The summed E-state index contributed by atoms with van der Waals surface area (Å²) >= 11 is 0. The van der Waals surface area contributed by atoms with Gasteiger partial charge in [0.15, 0.2) is 0 Å². The zero-order valence-electron chi connectivity index (χ0n) is 5.46. The van der Waals surface area contributed by atoms with Gasteiger partial charge in [0.05, 0.1) is 0 Å². The van der Waals surface area contributed by atoms with E-state index in [4.69, 9.17) is 5.73 Å². The number of nitrogens with zero attached hydrogens (tertiary/aromatic N) is 1. The molecule has 50 valence electrons. The van der Waals surface area contributed by atoms with Crippen LogP contribution in [-0.4, -0.2) is 4.98 Å². The van der Waals surface area contributed by atoms with Crippen molar-refractivity contribution in [3.63, 3.8) is 0 Å². The molecule has 0 spiro atoms. The summed E-state index contributed by atoms with van der Waals surface area (Å²) in [6.45, 7) is 2.54. The SMILES string of the molecule is Cc1ncccc1CN.[HH]. The molecule has 0 saturated heterocycles. The first-order chi connectivity index (χ1) is 4.34. The first-order valence-electron chi connectivity index (χ1n) is 2.95. The number of hydrogen-bond donors (Lipinski definition) is 1. The summed E-state index contributed by atoms with van der Waals surface area (Å²) in [5, 5.41) is 0. The van der Waals surface area contributed by atoms with E-state index in [0.29, 0.717) is 6.54 Å². The van der Waals surface area contributed by atoms with Gasteiger partial charge < -0.3 is 5.73 Å². The van der Waals surface area contributed by atoms with E-state index in [1.54, 1.807) is 6.20 Å². The van der Waals surface area contributed by atoms with Crippen molar-refractivity contribution < 1.29 is 1.43 Å². The summed E-state index contributed by atoms with van der Waals surface area (Å²) in [5.74, 6) is 0. The van der Waals surface area contributed by atoms with Crippen LogP contribution in [0.1, 0.15) is 12.7 Å². The summed E-state index contributed by atoms with van der Waals surface area (Å²) in [5.41, 5.74) is 7.56. The van der Waals surface area contributed by atoms with Crippen LogP contribution in [0, 0.1) is 6.92 Å². The van der Waals surface area contributed by atoms with Crippen LogP contribution in [0.25, 0.3) is 0 Å². The molecule has 0 unspecified atom stereocenters. The third kappa shape index (κ3) is 1.27. The maximum atomic E-state index is 5.41. The smallest absolute Gasteiger partial charge is 0.0417 e. The van der Waals surface area contributed by atoms with Gasteiger partial charge in [-0.3, -0.25) is 4.98 Å². The normalized spacial score (nSPS) is 9.56. The molecular weight excluding hydrogens is 112 g/mol. The zero-order chi connectivity index (χ0) is 6.69. The van der Waals surface area contributed by atoms with Gasteiger partial charge in [-0.15, -0.1) is 0 Å². The first kappa shape index (κ1) is 6.23. The molecule has 0 bridgehead atoms. The molecule has 0 amide bonds. The monoisotopic (exact) mass is 124 g/mol. The number of rotatable bonds is 1. The summed E-state index contributed by atoms with van der Waals surface area (Å²) in [7, 11) is 0. The summed E-state index contributed by atoms with van der Waals surface area (Å²) in [6.07, 6.45) is 1.77. The largest absolute Gasteiger partial charge is 0.326 e. The van der Waals surface area contributed by atoms with Crippen LogP contribution >= 0.6 is 0 Å². The second-order valence-electron chi connectivity index (χ2n) is 1.95. The van der Waals surface area contributed by atoms with E-state index < -0.39 is 0 Å². The lowest BCUT2D eigenvalue weighted by molar-refractivity contribution is 1.01. The minimum absolute atomic E-state index is 0. The Hall–Kier alpha value is -0.890. The molecular formula is C7H12N2. The third-order valence-electron chi connectivity index (χ3n) is 1.34. The standard InChI is InChI=1S/C7H10N2.H2/c1-6-7(5-8)3-2-4-9-6;/h2-4H,5,8H2,1H3;1H. The highest BCUT2D eigenvalue weighted by Gasteiger charge is 1.91. The van der Waals surface area contributed by atoms with E-state index >= 15 is 0 Å². The second-order valence-corrected chi connectivity index (χ2v) is 1.95. The quantitative estimate of drug-likeness (QED) is 0.608. The van der Waals surface area contributed by atoms with Gasteiger partial charge in [-0.25, -0.2) is 0 Å². The molecule has 1 aromatic heterocycles. The first-order valence-corrected chi connectivity index (χ1v) is 2.95. The van der Waals surface area contributed by atoms with Crippen LogP contribution in [0.3, 0.4) is 0 Å². The van der Waals surface area contributed by atoms with Gasteiger partial charge in [0, 0.05) is 19.9 Å². The van der Waals surface area contributed by atoms with Crippen molar-refractivity contribution in [3.8, 4) is 0 Å². The average Bonchev–Trinajstić information content (AvgIpc) is 1.89. The van der Waals surface area contributed by atoms with Crippen LogP contribution in [0.15, 0.2) is 18.3 Å². The topological polar surface area (TPSA) is 38.9 Å². The molecule has 1 heterocycles. The molecule has 2 N–H and O–H groups in total. The van der Waals surface area contributed by atoms with E-state index in [9.17, 15) is 0 Å². The lowest BCUT2D eigenvalue weighted by Gasteiger charge is -1.97. The number of aryl methyl sites for hydroxylation is 1. The van der Waals surface area contributed by atoms with E-state index in [2.05, 4.69) is 4.98 Å². The van der Waals surface area contributed by atoms with Gasteiger partial charge in [-0.2, -0.15) is 0 Å². The fourth-order valence-electron chi connectivity index (χ4n) is 0.733. The molecule has 2 nitrogen and oxygen atoms in total. The molecule has 0 aliphatic heterocycles. The van der Waals surface area contributed by atoms with Crippen molar-refractivity contribution in [3.05, 3.63) is 29.6 Å². The van der Waals surface area contributed by atoms with Crippen LogP contribution in [0.5, 0.6) is 0 Å². The van der Waals surface area contributed by atoms with Crippen molar-refractivity contribution >= 4 is 0 Å². The van der Waals surface area contributed by atoms with Crippen molar-refractivity contribution in [2.45, 2.75) is 13.5 Å². The van der Waals surface area contributed by atoms with Crippen molar-refractivity contribution in [1.82, 2.24) is 4.98 Å². The Morgan fingerprint density at radius 3 is 3.00 bits per heavy atom. The Labute approximate surface area is 56.2 Å². The molecule has 1 rings (SSSR count). The Morgan fingerprint density at radius 1 is 1.78 bits per heavy atom. The van der Waals surface area contributed by atoms with E-state index in [-0.39, 0.29) is 1.43 Å². The number of hydrogen-bond acceptors (Lipinski definition) is 2. The van der Waals surface area contributed by atoms with Crippen LogP contribution in [-0.2, 0) is 6.54 Å². The molecule has 1 aromatic rings. The molecule has 0 aliphatic carbocycles. The van der Waals surface area contributed by atoms with Crippen LogP contribution in [0.4, 0.5) is 0 Å². The Kier molecular flexibility index (Phi) is 1.80. The van der Waals surface area contributed by atoms with Gasteiger partial charge >= 0.3 is 0 Å². The predicted molar refractivity (Wildman–Crippen MR) is 39.0 cm³/mol. The molecule has 0 aromatic carbocycles. The minimum atomic E-state index is 0. The molecule has 0 fully saturated rings. The Morgan fingerprint density at radius 2 is 2.56 bits per heavy atom. The van der Waals surface area contributed by atoms with Gasteiger partial charge in [-0.1, -0.05) is 6.07 Å². The van der Waals surface area contributed by atoms with E-state index in [0.717, 1.165) is 11.3 Å². The number of aromatic nitrogens is 1. The van der Waals surface area contributed by atoms with Crippen LogP contribution in [0.2, 0.25) is 0 Å². The van der Waals surface area contributed by atoms with Crippen LogP contribution < -0.4 is 5.73 Å². The van der Waals surface area contributed by atoms with Crippen molar-refractivity contribution in [1.29, 1.82) is 0 Å².